The summed E-state index contributed by atoms with van der Waals surface area (Å²) in [5, 5.41) is 0. The lowest BCUT2D eigenvalue weighted by molar-refractivity contribution is -0.0670. The van der Waals surface area contributed by atoms with E-state index < -0.39 is 11.7 Å². The molecule has 0 aromatic rings. The molecule has 1 aliphatic heterocycles. The van der Waals surface area contributed by atoms with Crippen molar-refractivity contribution < 1.29 is 23.0 Å². The minimum absolute atomic E-state index is 0.0206. The van der Waals surface area contributed by atoms with Crippen LogP contribution in [0.25, 0.3) is 0 Å². The van der Waals surface area contributed by atoms with Gasteiger partial charge in [0.25, 0.3) is 0 Å². The molecule has 2 aliphatic carbocycles. The van der Waals surface area contributed by atoms with E-state index in [9.17, 15) is 8.78 Å². The van der Waals surface area contributed by atoms with E-state index in [-0.39, 0.29) is 17.6 Å². The number of hydrogen-bond donors (Lipinski definition) is 0. The molecule has 1 saturated heterocycles. The van der Waals surface area contributed by atoms with E-state index in [1.165, 1.54) is 58.5 Å². The first-order valence-corrected chi connectivity index (χ1v) is 11.7. The third-order valence-corrected chi connectivity index (χ3v) is 7.13. The maximum Gasteiger partial charge on any atom is 0.199 e. The maximum atomic E-state index is 14.1. The van der Waals surface area contributed by atoms with E-state index in [1.54, 1.807) is 0 Å². The Morgan fingerprint density at radius 1 is 0.897 bits per heavy atom. The molecule has 2 atom stereocenters. The summed E-state index contributed by atoms with van der Waals surface area (Å²) in [6, 6.07) is 0. The van der Waals surface area contributed by atoms with Gasteiger partial charge in [-0.2, -0.15) is 8.78 Å². The molecule has 2 fully saturated rings. The second-order valence-corrected chi connectivity index (χ2v) is 9.06. The van der Waals surface area contributed by atoms with Crippen LogP contribution in [0.2, 0.25) is 0 Å². The van der Waals surface area contributed by atoms with Crippen molar-refractivity contribution in [1.82, 2.24) is 0 Å². The third-order valence-electron chi connectivity index (χ3n) is 7.13. The zero-order valence-corrected chi connectivity index (χ0v) is 18.2. The Morgan fingerprint density at radius 3 is 2.24 bits per heavy atom. The van der Waals surface area contributed by atoms with Gasteiger partial charge < -0.3 is 14.2 Å². The number of methoxy groups -OCH3 is 1. The molecule has 0 N–H and O–H groups in total. The van der Waals surface area contributed by atoms with Gasteiger partial charge >= 0.3 is 0 Å². The average molecular weight is 413 g/mol. The van der Waals surface area contributed by atoms with Crippen LogP contribution in [0, 0.1) is 17.8 Å². The van der Waals surface area contributed by atoms with Crippen LogP contribution < -0.4 is 0 Å². The van der Waals surface area contributed by atoms with Gasteiger partial charge in [0.15, 0.2) is 11.7 Å². The summed E-state index contributed by atoms with van der Waals surface area (Å²) >= 11 is 0. The molecule has 5 heteroatoms. The Hall–Kier alpha value is -1.10. The lowest BCUT2D eigenvalue weighted by Crippen LogP contribution is -2.34. The Kier molecular flexibility index (Phi) is 8.83. The largest absolute Gasteiger partial charge is 0.498 e. The highest BCUT2D eigenvalue weighted by molar-refractivity contribution is 5.29. The van der Waals surface area contributed by atoms with Crippen molar-refractivity contribution in [2.75, 3.05) is 20.3 Å². The molecule has 0 aromatic heterocycles. The van der Waals surface area contributed by atoms with Crippen LogP contribution >= 0.6 is 0 Å². The van der Waals surface area contributed by atoms with Crippen molar-refractivity contribution in [3.8, 4) is 0 Å². The molecule has 0 amide bonds. The molecule has 3 nitrogen and oxygen atoms in total. The molecule has 166 valence electrons. The highest BCUT2D eigenvalue weighted by Gasteiger charge is 2.32. The van der Waals surface area contributed by atoms with Crippen molar-refractivity contribution >= 4 is 0 Å². The molecule has 0 radical (unpaired) electrons. The smallest absolute Gasteiger partial charge is 0.199 e. The Bertz CT molecular complexity index is 571. The van der Waals surface area contributed by atoms with Crippen LogP contribution in [0.3, 0.4) is 0 Å². The second-order valence-electron chi connectivity index (χ2n) is 9.06. The summed E-state index contributed by atoms with van der Waals surface area (Å²) in [5.74, 6) is 0.695. The summed E-state index contributed by atoms with van der Waals surface area (Å²) in [7, 11) is 1.36. The van der Waals surface area contributed by atoms with Crippen LogP contribution in [0.1, 0.15) is 84.0 Å². The zero-order chi connectivity index (χ0) is 20.6. The molecular formula is C24H38F2O3. The predicted molar refractivity (Wildman–Crippen MR) is 111 cm³/mol. The minimum atomic E-state index is -0.927. The minimum Gasteiger partial charge on any atom is -0.498 e. The molecule has 0 spiro atoms. The molecule has 29 heavy (non-hydrogen) atoms. The average Bonchev–Trinajstić information content (AvgIpc) is 2.76. The monoisotopic (exact) mass is 412 g/mol. The summed E-state index contributed by atoms with van der Waals surface area (Å²) in [4.78, 5) is 0. The van der Waals surface area contributed by atoms with Crippen molar-refractivity contribution in [2.45, 2.75) is 90.1 Å². The molecule has 2 unspecified atom stereocenters. The molecular weight excluding hydrogens is 374 g/mol. The molecule has 0 aromatic carbocycles. The second kappa shape index (κ2) is 11.3. The van der Waals surface area contributed by atoms with Crippen LogP contribution in [-0.4, -0.2) is 26.4 Å². The SMILES string of the molecule is CCCCCC1CCC(C2CCC(COC3=C(F)C(F)=C(OC)CC3)OC2)CC1. The molecule has 3 aliphatic rings. The summed E-state index contributed by atoms with van der Waals surface area (Å²) in [6.07, 6.45) is 13.7. The van der Waals surface area contributed by atoms with E-state index in [4.69, 9.17) is 14.2 Å². The third kappa shape index (κ3) is 6.19. The van der Waals surface area contributed by atoms with Crippen molar-refractivity contribution in [3.05, 3.63) is 23.2 Å². The van der Waals surface area contributed by atoms with Crippen molar-refractivity contribution in [2.24, 2.45) is 17.8 Å². The standard InChI is InChI=1S/C24H38F2O3/c1-3-4-5-6-17-7-9-18(10-8-17)19-11-12-20(28-15-19)16-29-22-14-13-21(27-2)23(25)24(22)26/h17-20H,3-16H2,1-2H3. The summed E-state index contributed by atoms with van der Waals surface area (Å²) in [5.41, 5.74) is 0. The Morgan fingerprint density at radius 2 is 1.59 bits per heavy atom. The van der Waals surface area contributed by atoms with Crippen molar-refractivity contribution in [3.63, 3.8) is 0 Å². The topological polar surface area (TPSA) is 27.7 Å². The lowest BCUT2D eigenvalue weighted by Gasteiger charge is -2.38. The number of allylic oxidation sites excluding steroid dienone is 4. The zero-order valence-electron chi connectivity index (χ0n) is 18.2. The first-order valence-electron chi connectivity index (χ1n) is 11.7. The van der Waals surface area contributed by atoms with Gasteiger partial charge in [-0.3, -0.25) is 0 Å². The van der Waals surface area contributed by atoms with Crippen LogP contribution in [0.5, 0.6) is 0 Å². The number of rotatable bonds is 9. The fraction of sp³-hybridized carbons (Fsp3) is 0.833. The summed E-state index contributed by atoms with van der Waals surface area (Å²) < 4.78 is 44.4. The number of ether oxygens (including phenoxy) is 3. The van der Waals surface area contributed by atoms with Gasteiger partial charge in [0, 0.05) is 12.8 Å². The molecule has 1 saturated carbocycles. The van der Waals surface area contributed by atoms with Gasteiger partial charge in [-0.25, -0.2) is 0 Å². The first kappa shape index (κ1) is 22.6. The van der Waals surface area contributed by atoms with Crippen LogP contribution in [-0.2, 0) is 14.2 Å². The van der Waals surface area contributed by atoms with Gasteiger partial charge in [-0.05, 0) is 43.4 Å². The van der Waals surface area contributed by atoms with Crippen molar-refractivity contribution in [1.29, 1.82) is 0 Å². The predicted octanol–water partition coefficient (Wildman–Crippen LogP) is 6.99. The van der Waals surface area contributed by atoms with Gasteiger partial charge in [-0.1, -0.05) is 45.4 Å². The van der Waals surface area contributed by atoms with Gasteiger partial charge in [0.1, 0.15) is 18.1 Å². The van der Waals surface area contributed by atoms with E-state index in [1.807, 2.05) is 0 Å². The fourth-order valence-corrected chi connectivity index (χ4v) is 5.17. The van der Waals surface area contributed by atoms with Gasteiger partial charge in [0.05, 0.1) is 19.8 Å². The Balaban J connectivity index is 1.36. The van der Waals surface area contributed by atoms with E-state index >= 15 is 0 Å². The number of halogens is 2. The molecule has 3 rings (SSSR count). The number of unbranched alkanes of at least 4 members (excludes halogenated alkanes) is 2. The normalized spacial score (nSPS) is 31.2. The quantitative estimate of drug-likeness (QED) is 0.382. The van der Waals surface area contributed by atoms with Crippen LogP contribution in [0.15, 0.2) is 23.2 Å². The maximum absolute atomic E-state index is 14.1. The first-order chi connectivity index (χ1) is 14.1. The van der Waals surface area contributed by atoms with Gasteiger partial charge in [-0.15, -0.1) is 0 Å². The van der Waals surface area contributed by atoms with E-state index in [2.05, 4.69) is 6.92 Å². The molecule has 1 heterocycles. The van der Waals surface area contributed by atoms with E-state index in [0.29, 0.717) is 25.4 Å². The Labute approximate surface area is 174 Å². The fourth-order valence-electron chi connectivity index (χ4n) is 5.17. The van der Waals surface area contributed by atoms with Gasteiger partial charge in [0.2, 0.25) is 0 Å². The number of hydrogen-bond acceptors (Lipinski definition) is 3. The van der Waals surface area contributed by atoms with Crippen LogP contribution in [0.4, 0.5) is 8.78 Å². The summed E-state index contributed by atoms with van der Waals surface area (Å²) in [6.45, 7) is 3.35. The lowest BCUT2D eigenvalue weighted by atomic mass is 9.73. The van der Waals surface area contributed by atoms with E-state index in [0.717, 1.165) is 31.3 Å². The molecule has 0 bridgehead atoms. The highest BCUT2D eigenvalue weighted by Crippen LogP contribution is 2.39. The highest BCUT2D eigenvalue weighted by atomic mass is 19.2.